The lowest BCUT2D eigenvalue weighted by molar-refractivity contribution is 0.0767. The molecule has 1 heterocycles. The van der Waals surface area contributed by atoms with Crippen molar-refractivity contribution in [2.75, 3.05) is 25.0 Å². The standard InChI is InChI=1S/C16H25N3O/c1-3-19(4-2)16(20)15-12-14(9-11-18-15)17-10-5-6-13-7-8-13/h9,11-13H,3-8,10H2,1-2H3,(H,17,18). The Kier molecular flexibility index (Phi) is 5.39. The van der Waals surface area contributed by atoms with Crippen molar-refractivity contribution in [2.45, 2.75) is 39.5 Å². The van der Waals surface area contributed by atoms with Gasteiger partial charge in [0, 0.05) is 31.5 Å². The molecular formula is C16H25N3O. The minimum Gasteiger partial charge on any atom is -0.385 e. The molecule has 2 rings (SSSR count). The molecule has 0 saturated heterocycles. The molecule has 1 saturated carbocycles. The smallest absolute Gasteiger partial charge is 0.272 e. The van der Waals surface area contributed by atoms with Crippen LogP contribution in [-0.4, -0.2) is 35.4 Å². The van der Waals surface area contributed by atoms with Gasteiger partial charge < -0.3 is 10.2 Å². The quantitative estimate of drug-likeness (QED) is 0.741. The summed E-state index contributed by atoms with van der Waals surface area (Å²) in [5.74, 6) is 0.991. The average molecular weight is 275 g/mol. The molecule has 1 aliphatic carbocycles. The van der Waals surface area contributed by atoms with Gasteiger partial charge in [-0.3, -0.25) is 9.78 Å². The third-order valence-corrected chi connectivity index (χ3v) is 3.84. The Morgan fingerprint density at radius 1 is 1.40 bits per heavy atom. The van der Waals surface area contributed by atoms with Crippen LogP contribution in [-0.2, 0) is 0 Å². The molecule has 1 N–H and O–H groups in total. The van der Waals surface area contributed by atoms with E-state index in [0.29, 0.717) is 5.69 Å². The molecule has 1 aromatic heterocycles. The van der Waals surface area contributed by atoms with Crippen LogP contribution in [0.3, 0.4) is 0 Å². The van der Waals surface area contributed by atoms with Gasteiger partial charge in [-0.05, 0) is 44.7 Å². The number of nitrogens with zero attached hydrogens (tertiary/aromatic N) is 2. The molecular weight excluding hydrogens is 250 g/mol. The first-order chi connectivity index (χ1) is 9.74. The van der Waals surface area contributed by atoms with Crippen LogP contribution in [0.4, 0.5) is 5.69 Å². The van der Waals surface area contributed by atoms with Gasteiger partial charge in [0.15, 0.2) is 0 Å². The number of hydrogen-bond donors (Lipinski definition) is 1. The molecule has 4 nitrogen and oxygen atoms in total. The van der Waals surface area contributed by atoms with Crippen molar-refractivity contribution in [3.8, 4) is 0 Å². The Morgan fingerprint density at radius 3 is 2.80 bits per heavy atom. The minimum atomic E-state index is 0.0108. The predicted octanol–water partition coefficient (Wildman–Crippen LogP) is 3.17. The minimum absolute atomic E-state index is 0.0108. The monoisotopic (exact) mass is 275 g/mol. The number of carbonyl (C=O) groups excluding carboxylic acids is 1. The van der Waals surface area contributed by atoms with Crippen molar-refractivity contribution in [3.63, 3.8) is 0 Å². The van der Waals surface area contributed by atoms with Crippen LogP contribution in [0.25, 0.3) is 0 Å². The summed E-state index contributed by atoms with van der Waals surface area (Å²) in [5, 5.41) is 3.39. The highest BCUT2D eigenvalue weighted by molar-refractivity contribution is 5.93. The molecule has 0 bridgehead atoms. The van der Waals surface area contributed by atoms with Crippen LogP contribution in [0.2, 0.25) is 0 Å². The molecule has 0 radical (unpaired) electrons. The highest BCUT2D eigenvalue weighted by Crippen LogP contribution is 2.33. The number of amides is 1. The fourth-order valence-electron chi connectivity index (χ4n) is 2.36. The fourth-order valence-corrected chi connectivity index (χ4v) is 2.36. The first-order valence-electron chi connectivity index (χ1n) is 7.73. The number of carbonyl (C=O) groups is 1. The third-order valence-electron chi connectivity index (χ3n) is 3.84. The van der Waals surface area contributed by atoms with E-state index in [-0.39, 0.29) is 5.91 Å². The van der Waals surface area contributed by atoms with Crippen LogP contribution in [0, 0.1) is 5.92 Å². The summed E-state index contributed by atoms with van der Waals surface area (Å²) in [4.78, 5) is 18.2. The van der Waals surface area contributed by atoms with E-state index < -0.39 is 0 Å². The summed E-state index contributed by atoms with van der Waals surface area (Å²) in [5.41, 5.74) is 1.52. The van der Waals surface area contributed by atoms with Gasteiger partial charge in [-0.2, -0.15) is 0 Å². The third kappa shape index (κ3) is 4.22. The zero-order chi connectivity index (χ0) is 14.4. The number of anilines is 1. The van der Waals surface area contributed by atoms with Crippen LogP contribution in [0.5, 0.6) is 0 Å². The second-order valence-electron chi connectivity index (χ2n) is 5.42. The predicted molar refractivity (Wildman–Crippen MR) is 81.9 cm³/mol. The van der Waals surface area contributed by atoms with Crippen molar-refractivity contribution in [2.24, 2.45) is 5.92 Å². The second-order valence-corrected chi connectivity index (χ2v) is 5.42. The van der Waals surface area contributed by atoms with Crippen LogP contribution < -0.4 is 5.32 Å². The molecule has 110 valence electrons. The van der Waals surface area contributed by atoms with Gasteiger partial charge in [0.1, 0.15) is 5.69 Å². The Morgan fingerprint density at radius 2 is 2.15 bits per heavy atom. The molecule has 1 fully saturated rings. The van der Waals surface area contributed by atoms with Gasteiger partial charge in [-0.1, -0.05) is 12.8 Å². The van der Waals surface area contributed by atoms with Crippen molar-refractivity contribution >= 4 is 11.6 Å². The Bertz CT molecular complexity index is 439. The number of pyridine rings is 1. The van der Waals surface area contributed by atoms with E-state index in [9.17, 15) is 4.79 Å². The van der Waals surface area contributed by atoms with E-state index in [0.717, 1.165) is 31.2 Å². The SMILES string of the molecule is CCN(CC)C(=O)c1cc(NCCCC2CC2)ccn1. The first kappa shape index (κ1) is 14.8. The summed E-state index contributed by atoms with van der Waals surface area (Å²) >= 11 is 0. The van der Waals surface area contributed by atoms with E-state index in [1.54, 1.807) is 11.1 Å². The van der Waals surface area contributed by atoms with Crippen molar-refractivity contribution in [1.29, 1.82) is 0 Å². The van der Waals surface area contributed by atoms with Crippen LogP contribution in [0.15, 0.2) is 18.3 Å². The zero-order valence-corrected chi connectivity index (χ0v) is 12.6. The normalized spacial score (nSPS) is 14.1. The van der Waals surface area contributed by atoms with Gasteiger partial charge in [0.2, 0.25) is 0 Å². The maximum Gasteiger partial charge on any atom is 0.272 e. The molecule has 0 aromatic carbocycles. The van der Waals surface area contributed by atoms with Crippen molar-refractivity contribution in [3.05, 3.63) is 24.0 Å². The molecule has 0 unspecified atom stereocenters. The van der Waals surface area contributed by atoms with E-state index in [2.05, 4.69) is 10.3 Å². The molecule has 1 aliphatic rings. The first-order valence-corrected chi connectivity index (χ1v) is 7.73. The lowest BCUT2D eigenvalue weighted by Gasteiger charge is -2.18. The van der Waals surface area contributed by atoms with Gasteiger partial charge in [-0.15, -0.1) is 0 Å². The highest BCUT2D eigenvalue weighted by Gasteiger charge is 2.20. The van der Waals surface area contributed by atoms with Gasteiger partial charge in [-0.25, -0.2) is 0 Å². The molecule has 20 heavy (non-hydrogen) atoms. The van der Waals surface area contributed by atoms with E-state index in [4.69, 9.17) is 0 Å². The number of aromatic nitrogens is 1. The number of rotatable bonds is 8. The van der Waals surface area contributed by atoms with Crippen LogP contribution >= 0.6 is 0 Å². The largest absolute Gasteiger partial charge is 0.385 e. The molecule has 0 aliphatic heterocycles. The highest BCUT2D eigenvalue weighted by atomic mass is 16.2. The lowest BCUT2D eigenvalue weighted by Crippen LogP contribution is -2.31. The molecule has 0 spiro atoms. The maximum atomic E-state index is 12.2. The summed E-state index contributed by atoms with van der Waals surface area (Å²) in [7, 11) is 0. The Labute approximate surface area is 121 Å². The van der Waals surface area contributed by atoms with Gasteiger partial charge >= 0.3 is 0 Å². The summed E-state index contributed by atoms with van der Waals surface area (Å²) in [6.07, 6.45) is 7.06. The zero-order valence-electron chi connectivity index (χ0n) is 12.6. The summed E-state index contributed by atoms with van der Waals surface area (Å²) in [6, 6.07) is 3.79. The Balaban J connectivity index is 1.87. The fraction of sp³-hybridized carbons (Fsp3) is 0.625. The Hall–Kier alpha value is -1.58. The summed E-state index contributed by atoms with van der Waals surface area (Å²) in [6.45, 7) is 6.38. The van der Waals surface area contributed by atoms with Crippen molar-refractivity contribution in [1.82, 2.24) is 9.88 Å². The average Bonchev–Trinajstić information content (AvgIpc) is 3.29. The van der Waals surface area contributed by atoms with E-state index >= 15 is 0 Å². The number of hydrogen-bond acceptors (Lipinski definition) is 3. The van der Waals surface area contributed by atoms with Crippen LogP contribution in [0.1, 0.15) is 50.0 Å². The maximum absolute atomic E-state index is 12.2. The van der Waals surface area contributed by atoms with E-state index in [1.165, 1.54) is 25.7 Å². The lowest BCUT2D eigenvalue weighted by atomic mass is 10.2. The van der Waals surface area contributed by atoms with Gasteiger partial charge in [0.05, 0.1) is 0 Å². The summed E-state index contributed by atoms with van der Waals surface area (Å²) < 4.78 is 0. The van der Waals surface area contributed by atoms with E-state index in [1.807, 2.05) is 26.0 Å². The number of nitrogens with one attached hydrogen (secondary N) is 1. The molecule has 1 amide bonds. The topological polar surface area (TPSA) is 45.2 Å². The van der Waals surface area contributed by atoms with Gasteiger partial charge in [0.25, 0.3) is 5.91 Å². The second kappa shape index (κ2) is 7.27. The van der Waals surface area contributed by atoms with Crippen molar-refractivity contribution < 1.29 is 4.79 Å². The molecule has 1 aromatic rings. The molecule has 4 heteroatoms. The molecule has 0 atom stereocenters.